The lowest BCUT2D eigenvalue weighted by molar-refractivity contribution is -0.404. The summed E-state index contributed by atoms with van der Waals surface area (Å²) < 4.78 is 103. The summed E-state index contributed by atoms with van der Waals surface area (Å²) in [6.45, 7) is -4.44. The Balaban J connectivity index is 1.14. The fraction of sp³-hybridized carbons (Fsp3) is 0.909. The Kier molecular flexibility index (Phi) is 35.1. The van der Waals surface area contributed by atoms with Crippen LogP contribution < -0.4 is 31.9 Å². The van der Waals surface area contributed by atoms with Crippen LogP contribution in [0.3, 0.4) is 0 Å². The van der Waals surface area contributed by atoms with Crippen LogP contribution in [-0.4, -0.2) is 488 Å². The minimum absolute atomic E-state index is 0.801. The normalized spacial score (nSPS) is 46.9. The van der Waals surface area contributed by atoms with Crippen molar-refractivity contribution < 1.29 is 227 Å². The molecule has 45 atom stereocenters. The summed E-state index contributed by atoms with van der Waals surface area (Å²) in [5.41, 5.74) is 0. The van der Waals surface area contributed by atoms with Gasteiger partial charge in [-0.15, -0.1) is 0 Å². The molecule has 0 aliphatic carbocycles. The molecule has 9 fully saturated rings. The lowest BCUT2D eigenvalue weighted by Crippen LogP contribution is -2.71. The highest BCUT2D eigenvalue weighted by Gasteiger charge is 2.62. The maximum atomic E-state index is 13.1. The Hall–Kier alpha value is -4.78. The smallest absolute Gasteiger partial charge is 0.217 e. The number of aliphatic hydroxyl groups excluding tert-OH is 23. The van der Waals surface area contributed by atoms with E-state index in [1.54, 1.807) is 0 Å². The first-order chi connectivity index (χ1) is 55.8. The monoisotopic (exact) mass is 1720 g/mol. The number of aliphatic hydroxyl groups is 23. The van der Waals surface area contributed by atoms with Crippen LogP contribution in [0.1, 0.15) is 41.5 Å². The molecule has 9 saturated heterocycles. The van der Waals surface area contributed by atoms with Crippen molar-refractivity contribution in [3.05, 3.63) is 0 Å². The lowest BCUT2D eigenvalue weighted by Gasteiger charge is -2.52. The Morgan fingerprint density at radius 1 is 0.220 bits per heavy atom. The van der Waals surface area contributed by atoms with Crippen LogP contribution in [0.2, 0.25) is 0 Å². The number of amides is 6. The predicted octanol–water partition coefficient (Wildman–Crippen LogP) is -19.8. The summed E-state index contributed by atoms with van der Waals surface area (Å²) in [5.74, 6) is -5.36. The fourth-order valence-electron chi connectivity index (χ4n) is 15.3. The molecule has 52 nitrogen and oxygen atoms in total. The largest absolute Gasteiger partial charge is 0.394 e. The molecule has 29 N–H and O–H groups in total. The van der Waals surface area contributed by atoms with Crippen LogP contribution in [0, 0.1) is 0 Å². The second-order valence-corrected chi connectivity index (χ2v) is 29.6. The Bertz CT molecular complexity index is 3230. The van der Waals surface area contributed by atoms with E-state index >= 15 is 0 Å². The number of nitrogens with one attached hydrogen (secondary N) is 6. The van der Waals surface area contributed by atoms with E-state index in [1.165, 1.54) is 0 Å². The number of carbonyl (C=O) groups excluding carboxylic acids is 6. The van der Waals surface area contributed by atoms with Gasteiger partial charge in [-0.05, 0) is 0 Å². The maximum Gasteiger partial charge on any atom is 0.217 e. The molecule has 0 spiro atoms. The van der Waals surface area contributed by atoms with Crippen molar-refractivity contribution in [2.24, 2.45) is 0 Å². The summed E-state index contributed by atoms with van der Waals surface area (Å²) in [6, 6.07) is -11.0. The molecule has 0 saturated carbocycles. The van der Waals surface area contributed by atoms with E-state index in [9.17, 15) is 146 Å². The molecule has 0 aromatic heterocycles. The van der Waals surface area contributed by atoms with E-state index in [0.717, 1.165) is 41.5 Å². The van der Waals surface area contributed by atoms with E-state index in [2.05, 4.69) is 31.9 Å². The van der Waals surface area contributed by atoms with Gasteiger partial charge in [-0.25, -0.2) is 0 Å². The van der Waals surface area contributed by atoms with Crippen LogP contribution in [-0.2, 0) is 109 Å². The molecule has 6 amide bonds. The summed E-state index contributed by atoms with van der Waals surface area (Å²) in [7, 11) is 0. The number of carbonyl (C=O) groups is 6. The Morgan fingerprint density at radius 2 is 0.449 bits per heavy atom. The van der Waals surface area contributed by atoms with Crippen LogP contribution in [0.25, 0.3) is 0 Å². The molecule has 0 bridgehead atoms. The topological polar surface area (TPSA) is 797 Å². The summed E-state index contributed by atoms with van der Waals surface area (Å²) in [5, 5.41) is 274. The second-order valence-electron chi connectivity index (χ2n) is 29.6. The maximum absolute atomic E-state index is 13.1. The molecule has 9 aliphatic rings. The first-order valence-electron chi connectivity index (χ1n) is 37.6. The van der Waals surface area contributed by atoms with Crippen LogP contribution >= 0.6 is 0 Å². The zero-order chi connectivity index (χ0) is 87.1. The molecular formula is C66H110N6O46. The number of ether oxygens (including phenoxy) is 17. The van der Waals surface area contributed by atoms with Gasteiger partial charge in [-0.1, -0.05) is 0 Å². The average Bonchev–Trinajstić information content (AvgIpc) is 0.762. The molecule has 9 rings (SSSR count). The average molecular weight is 1720 g/mol. The van der Waals surface area contributed by atoms with E-state index in [0.29, 0.717) is 0 Å². The van der Waals surface area contributed by atoms with Crippen molar-refractivity contribution in [1.29, 1.82) is 0 Å². The van der Waals surface area contributed by atoms with Crippen molar-refractivity contribution in [3.8, 4) is 0 Å². The van der Waals surface area contributed by atoms with Crippen molar-refractivity contribution >= 4 is 35.4 Å². The van der Waals surface area contributed by atoms with Crippen LogP contribution in [0.4, 0.5) is 0 Å². The zero-order valence-electron chi connectivity index (χ0n) is 64.0. The molecule has 0 aromatic rings. The number of hydrogen-bond donors (Lipinski definition) is 29. The highest BCUT2D eigenvalue weighted by Crippen LogP contribution is 2.41. The molecule has 18 unspecified atom stereocenters. The lowest BCUT2D eigenvalue weighted by atomic mass is 9.93. The van der Waals surface area contributed by atoms with Crippen molar-refractivity contribution in [3.63, 3.8) is 0 Å². The Morgan fingerprint density at radius 3 is 0.771 bits per heavy atom. The molecule has 9 heterocycles. The molecule has 0 aromatic carbocycles. The SMILES string of the molecule is CC(=O)NC1[C@H](OC2[C@@H](O[C@@H]3C(O)[C@H](O[C@@H]4C(CO)O[C@@H](O[C@@H]5C(CO)O[C@@H](O)C(NC(C)=O)[C@H]5O)C(NC(C)=O)[C@H]4O)OC(CO[C@H]4OC(CO)[C@@H](O[C@@H]5OC(CO)[C@@H](O)[C@H](O)C5NC(C)=O)[C@H](O)C4O[C@@H]4OC(CO)[C@@H](O)[C@H](O)C4NC(C)=O)[C@H]3O)OC(CO)[C@@H](O[C@@H]3OC(CO)[C@@H](O)[C@H](O)C3NC(C)=O)[C@@H]2O)OC(CO)[C@@H](O)[C@@H]1O. The van der Waals surface area contributed by atoms with Gasteiger partial charge < -0.3 is 230 Å². The molecule has 118 heavy (non-hydrogen) atoms. The third-order valence-corrected chi connectivity index (χ3v) is 21.2. The van der Waals surface area contributed by atoms with Gasteiger partial charge in [0.25, 0.3) is 0 Å². The summed E-state index contributed by atoms with van der Waals surface area (Å²) in [6.07, 6.45) is -82.7. The van der Waals surface area contributed by atoms with Crippen LogP contribution in [0.5, 0.6) is 0 Å². The first-order valence-corrected chi connectivity index (χ1v) is 37.6. The van der Waals surface area contributed by atoms with Gasteiger partial charge in [-0.2, -0.15) is 0 Å². The molecule has 9 aliphatic heterocycles. The van der Waals surface area contributed by atoms with Crippen molar-refractivity contribution in [1.82, 2.24) is 31.9 Å². The fourth-order valence-corrected chi connectivity index (χ4v) is 15.3. The summed E-state index contributed by atoms with van der Waals surface area (Å²) in [4.78, 5) is 76.1. The van der Waals surface area contributed by atoms with E-state index in [-0.39, 0.29) is 0 Å². The van der Waals surface area contributed by atoms with Gasteiger partial charge in [0, 0.05) is 41.5 Å². The highest BCUT2D eigenvalue weighted by molar-refractivity contribution is 5.75. The molecule has 680 valence electrons. The van der Waals surface area contributed by atoms with Gasteiger partial charge in [0.05, 0.1) is 59.5 Å². The van der Waals surface area contributed by atoms with E-state index < -0.39 is 371 Å². The van der Waals surface area contributed by atoms with Gasteiger partial charge in [0.1, 0.15) is 219 Å². The second kappa shape index (κ2) is 42.7. The molecular weight excluding hydrogens is 1610 g/mol. The number of hydrogen-bond acceptors (Lipinski definition) is 46. The number of rotatable bonds is 31. The molecule has 52 heteroatoms. The quantitative estimate of drug-likeness (QED) is 0.0306. The Labute approximate surface area is 669 Å². The summed E-state index contributed by atoms with van der Waals surface area (Å²) >= 11 is 0. The van der Waals surface area contributed by atoms with Gasteiger partial charge >= 0.3 is 0 Å². The van der Waals surface area contributed by atoms with Crippen molar-refractivity contribution in [2.45, 2.75) is 318 Å². The highest BCUT2D eigenvalue weighted by atomic mass is 16.8. The van der Waals surface area contributed by atoms with Gasteiger partial charge in [-0.3, -0.25) is 28.8 Å². The predicted molar refractivity (Wildman–Crippen MR) is 367 cm³/mol. The minimum Gasteiger partial charge on any atom is -0.394 e. The first kappa shape index (κ1) is 97.0. The third-order valence-electron chi connectivity index (χ3n) is 21.2. The molecule has 0 radical (unpaired) electrons. The minimum atomic E-state index is -2.65. The van der Waals surface area contributed by atoms with Gasteiger partial charge in [0.2, 0.25) is 35.4 Å². The third kappa shape index (κ3) is 21.9. The zero-order valence-corrected chi connectivity index (χ0v) is 64.0. The standard InChI is InChI=1S/C66H110N6O46/c1-16(81)67-31-46(96)51(26(11-77)103-58(31)101)112-63-36(72-21(6)86)47(97)52(27(12-78)108-63)115-64-50(100)55(116-66-57(118-62-35(71-20(5)85)45(95)40(90)25(10-76)107-62)49(99)54(29(14-80)110-66)114-60-33(69-18(3)83)43(93)38(88)23(8-74)105-60)41(91)30(111-64)15-102-65-56(117-61-34(70-19(4)84)44(94)39(89)24(9-75)106-61)48(98)53(28(13-79)109-65)113-59-32(68-17(2)82)42(92)37(87)22(7-73)104-59/h22-66,73-80,87-101H,7-15H2,1-6H3,(H,67,81)(H,68,82)(H,69,83)(H,70,84)(H,71,85)(H,72,86)/t22?,23?,24?,25?,26?,27?,28?,29?,30?,31?,32?,33?,34?,35?,36?,37-,38-,39-,40-,41-,42-,43-,44-,45-,46-,47-,48+,49+,50?,51-,52-,53-,54-,55+,56?,57?,58-,59+,60+,61+,62+,63+,64+,65+,66-/m1/s1. The van der Waals surface area contributed by atoms with E-state index in [1.807, 2.05) is 0 Å². The van der Waals surface area contributed by atoms with Gasteiger partial charge in [0.15, 0.2) is 56.6 Å². The van der Waals surface area contributed by atoms with Crippen LogP contribution in [0.15, 0.2) is 0 Å². The van der Waals surface area contributed by atoms with Crippen molar-refractivity contribution in [2.75, 3.05) is 59.5 Å². The van der Waals surface area contributed by atoms with E-state index in [4.69, 9.17) is 80.5 Å².